The first-order chi connectivity index (χ1) is 17.2. The van der Waals surface area contributed by atoms with Crippen molar-refractivity contribution in [3.63, 3.8) is 0 Å². The Kier molecular flexibility index (Phi) is 5.85. The van der Waals surface area contributed by atoms with E-state index in [0.717, 1.165) is 5.65 Å². The molecule has 3 N–H and O–H groups in total. The molecule has 5 aromatic rings. The van der Waals surface area contributed by atoms with E-state index in [1.807, 2.05) is 0 Å². The van der Waals surface area contributed by atoms with Crippen LogP contribution in [0.5, 0.6) is 0 Å². The normalized spacial score (nSPS) is 11.6. The summed E-state index contributed by atoms with van der Waals surface area (Å²) in [5, 5.41) is 2.99. The lowest BCUT2D eigenvalue weighted by Crippen LogP contribution is -2.29. The maximum absolute atomic E-state index is 14.6. The van der Waals surface area contributed by atoms with Crippen LogP contribution >= 0.6 is 7.14 Å². The van der Waals surface area contributed by atoms with Crippen LogP contribution in [-0.4, -0.2) is 43.6 Å². The lowest BCUT2D eigenvalue weighted by atomic mass is 10.1. The zero-order valence-corrected chi connectivity index (χ0v) is 20.2. The average Bonchev–Trinajstić information content (AvgIpc) is 3.54. The fourth-order valence-corrected chi connectivity index (χ4v) is 5.13. The number of carbonyl (C=O) groups is 1. The topological polar surface area (TPSA) is 141 Å². The standard InChI is InChI=1S/C24H21FN7O3P/c1-36(2,34)17-5-3-4-16(25)15(17)12-29-23(33)21-22(26)31-20(24-28-9-11-35-24)19(30-21)14-6-7-18-27-8-10-32(18)13-14/h3-11,13H,12H2,1-2H3,(H2,26,31)(H,29,33). The Labute approximate surface area is 204 Å². The molecule has 10 nitrogen and oxygen atoms in total. The van der Waals surface area contributed by atoms with E-state index in [1.54, 1.807) is 54.5 Å². The third-order valence-corrected chi connectivity index (χ3v) is 7.11. The monoisotopic (exact) mass is 505 g/mol. The fourth-order valence-electron chi connectivity index (χ4n) is 3.85. The molecule has 0 saturated heterocycles. The first kappa shape index (κ1) is 23.4. The number of hydrogen-bond donors (Lipinski definition) is 2. The smallest absolute Gasteiger partial charge is 0.274 e. The third kappa shape index (κ3) is 4.36. The number of carbonyl (C=O) groups excluding carboxylic acids is 1. The molecule has 0 radical (unpaired) electrons. The molecule has 1 amide bonds. The number of amides is 1. The Bertz CT molecular complexity index is 1640. The highest BCUT2D eigenvalue weighted by molar-refractivity contribution is 7.70. The third-order valence-electron chi connectivity index (χ3n) is 5.53. The van der Waals surface area contributed by atoms with Gasteiger partial charge in [-0.1, -0.05) is 12.1 Å². The minimum Gasteiger partial charge on any atom is -0.443 e. The number of oxazole rings is 1. The molecule has 4 aromatic heterocycles. The molecule has 36 heavy (non-hydrogen) atoms. The van der Waals surface area contributed by atoms with E-state index < -0.39 is 18.9 Å². The number of nitrogens with two attached hydrogens (primary N) is 1. The number of imidazole rings is 1. The minimum absolute atomic E-state index is 0.146. The van der Waals surface area contributed by atoms with Crippen LogP contribution in [0.2, 0.25) is 0 Å². The van der Waals surface area contributed by atoms with Gasteiger partial charge in [-0.25, -0.2) is 24.3 Å². The number of nitrogens with one attached hydrogen (secondary N) is 1. The Balaban J connectivity index is 1.54. The molecule has 0 aliphatic rings. The van der Waals surface area contributed by atoms with Gasteiger partial charge in [-0.3, -0.25) is 4.79 Å². The van der Waals surface area contributed by atoms with Crippen molar-refractivity contribution < 1.29 is 18.2 Å². The number of nitrogen functional groups attached to an aromatic ring is 1. The van der Waals surface area contributed by atoms with Crippen LogP contribution in [0.3, 0.4) is 0 Å². The van der Waals surface area contributed by atoms with Crippen LogP contribution in [-0.2, 0) is 11.1 Å². The molecule has 12 heteroatoms. The first-order valence-corrected chi connectivity index (χ1v) is 13.4. The van der Waals surface area contributed by atoms with Gasteiger partial charge >= 0.3 is 0 Å². The summed E-state index contributed by atoms with van der Waals surface area (Å²) in [5.74, 6) is -1.21. The molecular formula is C24H21FN7O3P. The predicted octanol–water partition coefficient (Wildman–Crippen LogP) is 3.35. The molecule has 4 heterocycles. The van der Waals surface area contributed by atoms with Gasteiger partial charge in [0.2, 0.25) is 5.89 Å². The molecule has 0 saturated carbocycles. The lowest BCUT2D eigenvalue weighted by Gasteiger charge is -2.15. The quantitative estimate of drug-likeness (QED) is 0.335. The van der Waals surface area contributed by atoms with E-state index in [1.165, 1.54) is 24.6 Å². The Morgan fingerprint density at radius 2 is 1.97 bits per heavy atom. The van der Waals surface area contributed by atoms with Gasteiger partial charge in [0, 0.05) is 41.6 Å². The van der Waals surface area contributed by atoms with Crippen molar-refractivity contribution in [1.82, 2.24) is 29.7 Å². The van der Waals surface area contributed by atoms with Crippen LogP contribution in [0, 0.1) is 5.82 Å². The van der Waals surface area contributed by atoms with Gasteiger partial charge in [-0.05, 0) is 31.5 Å². The summed E-state index contributed by atoms with van der Waals surface area (Å²) in [5.41, 5.74) is 8.01. The zero-order chi connectivity index (χ0) is 25.4. The highest BCUT2D eigenvalue weighted by Gasteiger charge is 2.24. The SMILES string of the molecule is CP(C)(=O)c1cccc(F)c1CNC(=O)c1nc(-c2ccc3nccn3c2)c(-c2ncco2)nc1N. The zero-order valence-electron chi connectivity index (χ0n) is 19.3. The van der Waals surface area contributed by atoms with E-state index >= 15 is 0 Å². The van der Waals surface area contributed by atoms with Crippen molar-refractivity contribution >= 4 is 29.8 Å². The molecule has 5 rings (SSSR count). The van der Waals surface area contributed by atoms with Crippen LogP contribution in [0.25, 0.3) is 28.5 Å². The number of rotatable bonds is 6. The first-order valence-electron chi connectivity index (χ1n) is 10.8. The van der Waals surface area contributed by atoms with Crippen LogP contribution < -0.4 is 16.4 Å². The van der Waals surface area contributed by atoms with Gasteiger partial charge in [0.05, 0.1) is 6.20 Å². The van der Waals surface area contributed by atoms with Gasteiger partial charge in [0.15, 0.2) is 17.2 Å². The van der Waals surface area contributed by atoms with Gasteiger partial charge in [0.25, 0.3) is 5.91 Å². The van der Waals surface area contributed by atoms with Gasteiger partial charge in [-0.15, -0.1) is 0 Å². The van der Waals surface area contributed by atoms with E-state index in [4.69, 9.17) is 10.2 Å². The van der Waals surface area contributed by atoms with Gasteiger partial charge < -0.3 is 24.4 Å². The summed E-state index contributed by atoms with van der Waals surface area (Å²) in [4.78, 5) is 30.4. The van der Waals surface area contributed by atoms with Gasteiger partial charge in [-0.2, -0.15) is 0 Å². The van der Waals surface area contributed by atoms with Crippen molar-refractivity contribution in [1.29, 1.82) is 0 Å². The van der Waals surface area contributed by atoms with Crippen molar-refractivity contribution in [3.8, 4) is 22.8 Å². The largest absolute Gasteiger partial charge is 0.443 e. The summed E-state index contributed by atoms with van der Waals surface area (Å²) < 4.78 is 34.4. The molecule has 0 aliphatic heterocycles. The van der Waals surface area contributed by atoms with Gasteiger partial charge in [0.1, 0.15) is 30.6 Å². The Morgan fingerprint density at radius 1 is 1.14 bits per heavy atom. The number of fused-ring (bicyclic) bond motifs is 1. The number of benzene rings is 1. The second-order valence-corrected chi connectivity index (χ2v) is 11.6. The number of aromatic nitrogens is 5. The predicted molar refractivity (Wildman–Crippen MR) is 133 cm³/mol. The maximum atomic E-state index is 14.6. The highest BCUT2D eigenvalue weighted by atomic mass is 31.2. The molecule has 0 bridgehead atoms. The molecular weight excluding hydrogens is 484 g/mol. The lowest BCUT2D eigenvalue weighted by molar-refractivity contribution is 0.0946. The summed E-state index contributed by atoms with van der Waals surface area (Å²) in [6.07, 6.45) is 8.06. The summed E-state index contributed by atoms with van der Waals surface area (Å²) in [6, 6.07) is 7.91. The van der Waals surface area contributed by atoms with Crippen molar-refractivity contribution in [3.05, 3.63) is 78.5 Å². The molecule has 0 unspecified atom stereocenters. The fraction of sp³-hybridized carbons (Fsp3) is 0.125. The Hall–Kier alpha value is -4.37. The molecule has 0 fully saturated rings. The molecule has 1 aromatic carbocycles. The highest BCUT2D eigenvalue weighted by Crippen LogP contribution is 2.36. The number of hydrogen-bond acceptors (Lipinski definition) is 8. The van der Waals surface area contributed by atoms with Crippen molar-refractivity contribution in [2.75, 3.05) is 19.1 Å². The number of anilines is 1. The number of halogens is 1. The van der Waals surface area contributed by atoms with E-state index in [9.17, 15) is 13.8 Å². The number of nitrogens with zero attached hydrogens (tertiary/aromatic N) is 5. The van der Waals surface area contributed by atoms with E-state index in [0.29, 0.717) is 16.6 Å². The van der Waals surface area contributed by atoms with E-state index in [-0.39, 0.29) is 35.2 Å². The van der Waals surface area contributed by atoms with Crippen molar-refractivity contribution in [2.45, 2.75) is 6.54 Å². The maximum Gasteiger partial charge on any atom is 0.274 e. The summed E-state index contributed by atoms with van der Waals surface area (Å²) >= 11 is 0. The molecule has 182 valence electrons. The molecule has 0 aliphatic carbocycles. The number of pyridine rings is 1. The van der Waals surface area contributed by atoms with Crippen molar-refractivity contribution in [2.24, 2.45) is 0 Å². The summed E-state index contributed by atoms with van der Waals surface area (Å²) in [6.45, 7) is 2.88. The Morgan fingerprint density at radius 3 is 2.72 bits per heavy atom. The molecule has 0 spiro atoms. The average molecular weight is 505 g/mol. The van der Waals surface area contributed by atoms with Crippen LogP contribution in [0.15, 0.2) is 65.8 Å². The van der Waals surface area contributed by atoms with E-state index in [2.05, 4.69) is 25.3 Å². The second-order valence-electron chi connectivity index (χ2n) is 8.37. The van der Waals surface area contributed by atoms with Crippen LogP contribution in [0.4, 0.5) is 10.2 Å². The summed E-state index contributed by atoms with van der Waals surface area (Å²) in [7, 11) is -2.79. The second kappa shape index (κ2) is 9.01. The van der Waals surface area contributed by atoms with Crippen LogP contribution in [0.1, 0.15) is 16.1 Å². The minimum atomic E-state index is -2.79. The molecule has 0 atom stereocenters.